The van der Waals surface area contributed by atoms with Gasteiger partial charge in [-0.15, -0.1) is 10.2 Å². The topological polar surface area (TPSA) is 81.6 Å². The second-order valence-electron chi connectivity index (χ2n) is 5.57. The van der Waals surface area contributed by atoms with Crippen LogP contribution in [0.1, 0.15) is 24.3 Å². The highest BCUT2D eigenvalue weighted by Crippen LogP contribution is 2.45. The maximum atomic E-state index is 12.0. The predicted octanol–water partition coefficient (Wildman–Crippen LogP) is 2.98. The van der Waals surface area contributed by atoms with Gasteiger partial charge in [0.1, 0.15) is 5.75 Å². The van der Waals surface area contributed by atoms with Crippen LogP contribution in [-0.2, 0) is 10.3 Å². The van der Waals surface area contributed by atoms with Gasteiger partial charge in [0.25, 0.3) is 5.88 Å². The molecule has 0 radical (unpaired) electrons. The third-order valence-electron chi connectivity index (χ3n) is 3.48. The first-order valence-electron chi connectivity index (χ1n) is 7.29. The summed E-state index contributed by atoms with van der Waals surface area (Å²) in [5, 5.41) is 7.53. The molecule has 9 heteroatoms. The first-order chi connectivity index (χ1) is 11.4. The largest absolute Gasteiger partial charge is 0.435 e. The molecule has 1 fully saturated rings. The summed E-state index contributed by atoms with van der Waals surface area (Å²) in [6, 6.07) is 8.80. The highest BCUT2D eigenvalue weighted by molar-refractivity contribution is 7.84. The standard InChI is InChI=1S/C15H16ClN3O4S/c1-19(2)24(20,21)23-13-9-14(16)17-18-15(13)22-12-6-4-3-5-11(12)10-7-8-10/h3-6,9-10H,7-8H2,1-2H3. The van der Waals surface area contributed by atoms with Crippen LogP contribution in [0, 0.1) is 0 Å². The van der Waals surface area contributed by atoms with Gasteiger partial charge in [0.05, 0.1) is 0 Å². The number of ether oxygens (including phenoxy) is 1. The molecule has 1 aliphatic rings. The Labute approximate surface area is 145 Å². The zero-order chi connectivity index (χ0) is 17.3. The molecule has 3 rings (SSSR count). The molecular formula is C15H16ClN3O4S. The quantitative estimate of drug-likeness (QED) is 0.778. The Bertz CT molecular complexity index is 854. The van der Waals surface area contributed by atoms with Crippen LogP contribution in [0.2, 0.25) is 5.15 Å². The molecule has 0 unspecified atom stereocenters. The predicted molar refractivity (Wildman–Crippen MR) is 88.8 cm³/mol. The molecule has 1 aromatic heterocycles. The van der Waals surface area contributed by atoms with E-state index < -0.39 is 10.3 Å². The fourth-order valence-corrected chi connectivity index (χ4v) is 2.70. The third-order valence-corrected chi connectivity index (χ3v) is 4.95. The van der Waals surface area contributed by atoms with Gasteiger partial charge in [-0.05, 0) is 30.4 Å². The van der Waals surface area contributed by atoms with Crippen LogP contribution in [0.15, 0.2) is 30.3 Å². The molecule has 0 atom stereocenters. The highest BCUT2D eigenvalue weighted by atomic mass is 35.5. The number of hydrogen-bond donors (Lipinski definition) is 0. The van der Waals surface area contributed by atoms with E-state index in [0.717, 1.165) is 22.7 Å². The van der Waals surface area contributed by atoms with Gasteiger partial charge < -0.3 is 8.92 Å². The van der Waals surface area contributed by atoms with Crippen LogP contribution in [-0.4, -0.2) is 37.0 Å². The van der Waals surface area contributed by atoms with Crippen molar-refractivity contribution in [3.8, 4) is 17.4 Å². The summed E-state index contributed by atoms with van der Waals surface area (Å²) in [6.07, 6.45) is 2.20. The Balaban J connectivity index is 1.94. The van der Waals surface area contributed by atoms with E-state index in [9.17, 15) is 8.42 Å². The van der Waals surface area contributed by atoms with Gasteiger partial charge in [0.15, 0.2) is 5.15 Å². The second-order valence-corrected chi connectivity index (χ2v) is 7.71. The van der Waals surface area contributed by atoms with E-state index in [1.54, 1.807) is 6.07 Å². The van der Waals surface area contributed by atoms with Crippen molar-refractivity contribution < 1.29 is 17.3 Å². The van der Waals surface area contributed by atoms with Gasteiger partial charge in [-0.25, -0.2) is 0 Å². The molecule has 1 saturated carbocycles. The molecule has 0 aliphatic heterocycles. The lowest BCUT2D eigenvalue weighted by Crippen LogP contribution is -2.27. The molecule has 0 spiro atoms. The number of hydrogen-bond acceptors (Lipinski definition) is 6. The van der Waals surface area contributed by atoms with Crippen molar-refractivity contribution in [3.63, 3.8) is 0 Å². The van der Waals surface area contributed by atoms with Crippen molar-refractivity contribution in [2.75, 3.05) is 14.1 Å². The van der Waals surface area contributed by atoms with E-state index in [0.29, 0.717) is 11.7 Å². The van der Waals surface area contributed by atoms with Crippen molar-refractivity contribution in [3.05, 3.63) is 41.0 Å². The number of nitrogens with zero attached hydrogens (tertiary/aromatic N) is 3. The Morgan fingerprint density at radius 1 is 1.17 bits per heavy atom. The van der Waals surface area contributed by atoms with E-state index in [-0.39, 0.29) is 16.8 Å². The van der Waals surface area contributed by atoms with Crippen LogP contribution < -0.4 is 8.92 Å². The number of para-hydroxylation sites is 1. The average molecular weight is 370 g/mol. The molecular weight excluding hydrogens is 354 g/mol. The highest BCUT2D eigenvalue weighted by Gasteiger charge is 2.28. The van der Waals surface area contributed by atoms with Gasteiger partial charge >= 0.3 is 10.3 Å². The van der Waals surface area contributed by atoms with E-state index in [2.05, 4.69) is 10.2 Å². The Morgan fingerprint density at radius 2 is 1.88 bits per heavy atom. The van der Waals surface area contributed by atoms with Crippen LogP contribution >= 0.6 is 11.6 Å². The molecule has 0 N–H and O–H groups in total. The van der Waals surface area contributed by atoms with E-state index in [4.69, 9.17) is 20.5 Å². The molecule has 0 bridgehead atoms. The molecule has 1 heterocycles. The maximum absolute atomic E-state index is 12.0. The lowest BCUT2D eigenvalue weighted by Gasteiger charge is -2.15. The number of aromatic nitrogens is 2. The second kappa shape index (κ2) is 6.54. The average Bonchev–Trinajstić information content (AvgIpc) is 3.35. The van der Waals surface area contributed by atoms with Gasteiger partial charge in [-0.2, -0.15) is 12.7 Å². The van der Waals surface area contributed by atoms with Crippen molar-refractivity contribution in [2.24, 2.45) is 0 Å². The fraction of sp³-hybridized carbons (Fsp3) is 0.333. The van der Waals surface area contributed by atoms with Crippen LogP contribution in [0.25, 0.3) is 0 Å². The molecule has 0 saturated heterocycles. The minimum Gasteiger partial charge on any atom is -0.435 e. The lowest BCUT2D eigenvalue weighted by molar-refractivity contribution is 0.388. The van der Waals surface area contributed by atoms with E-state index >= 15 is 0 Å². The zero-order valence-corrected chi connectivity index (χ0v) is 14.7. The summed E-state index contributed by atoms with van der Waals surface area (Å²) in [5.41, 5.74) is 1.05. The lowest BCUT2D eigenvalue weighted by atomic mass is 10.1. The summed E-state index contributed by atoms with van der Waals surface area (Å²) in [4.78, 5) is 0. The Kier molecular flexibility index (Phi) is 4.62. The third kappa shape index (κ3) is 3.77. The van der Waals surface area contributed by atoms with E-state index in [1.165, 1.54) is 20.2 Å². The van der Waals surface area contributed by atoms with Gasteiger partial charge in [-0.1, -0.05) is 29.8 Å². The summed E-state index contributed by atoms with van der Waals surface area (Å²) in [7, 11) is -1.26. The van der Waals surface area contributed by atoms with Gasteiger partial charge in [0.2, 0.25) is 5.75 Å². The zero-order valence-electron chi connectivity index (χ0n) is 13.1. The van der Waals surface area contributed by atoms with Gasteiger partial charge in [0, 0.05) is 20.2 Å². The van der Waals surface area contributed by atoms with Crippen molar-refractivity contribution in [1.29, 1.82) is 0 Å². The van der Waals surface area contributed by atoms with Crippen LogP contribution in [0.3, 0.4) is 0 Å². The molecule has 128 valence electrons. The summed E-state index contributed by atoms with van der Waals surface area (Å²) in [5.74, 6) is 0.882. The van der Waals surface area contributed by atoms with Crippen LogP contribution in [0.5, 0.6) is 17.4 Å². The number of benzene rings is 1. The van der Waals surface area contributed by atoms with Crippen LogP contribution in [0.4, 0.5) is 0 Å². The van der Waals surface area contributed by atoms with Crippen molar-refractivity contribution in [1.82, 2.24) is 14.5 Å². The Morgan fingerprint density at radius 3 is 2.54 bits per heavy atom. The normalized spacial score (nSPS) is 14.7. The molecule has 24 heavy (non-hydrogen) atoms. The molecule has 1 aliphatic carbocycles. The maximum Gasteiger partial charge on any atom is 0.384 e. The molecule has 7 nitrogen and oxygen atoms in total. The first-order valence-corrected chi connectivity index (χ1v) is 9.03. The van der Waals surface area contributed by atoms with E-state index in [1.807, 2.05) is 18.2 Å². The number of rotatable bonds is 6. The minimum atomic E-state index is -3.97. The molecule has 0 amide bonds. The SMILES string of the molecule is CN(C)S(=O)(=O)Oc1cc(Cl)nnc1Oc1ccccc1C1CC1. The van der Waals surface area contributed by atoms with Gasteiger partial charge in [-0.3, -0.25) is 0 Å². The summed E-state index contributed by atoms with van der Waals surface area (Å²) in [6.45, 7) is 0. The summed E-state index contributed by atoms with van der Waals surface area (Å²) < 4.78 is 35.7. The number of halogens is 1. The monoisotopic (exact) mass is 369 g/mol. The minimum absolute atomic E-state index is 0.00165. The fourth-order valence-electron chi connectivity index (χ4n) is 2.07. The first kappa shape index (κ1) is 16.9. The molecule has 2 aromatic rings. The molecule has 1 aromatic carbocycles. The smallest absolute Gasteiger partial charge is 0.384 e. The van der Waals surface area contributed by atoms with Crippen molar-refractivity contribution >= 4 is 21.9 Å². The van der Waals surface area contributed by atoms with Crippen molar-refractivity contribution in [2.45, 2.75) is 18.8 Å². The Hall–Kier alpha value is -1.90. The summed E-state index contributed by atoms with van der Waals surface area (Å²) >= 11 is 5.80.